The molecule has 0 saturated heterocycles. The van der Waals surface area contributed by atoms with Crippen LogP contribution in [0.1, 0.15) is 104 Å². The zero-order valence-electron chi connectivity index (χ0n) is 14.4. The van der Waals surface area contributed by atoms with Gasteiger partial charge in [0.05, 0.1) is 13.1 Å². The first-order valence-corrected chi connectivity index (χ1v) is 9.22. The summed E-state index contributed by atoms with van der Waals surface area (Å²) in [5.74, 6) is 0. The molecule has 0 aromatic rings. The Balaban J connectivity index is 3.40. The van der Waals surface area contributed by atoms with Crippen molar-refractivity contribution in [3.05, 3.63) is 5.21 Å². The van der Waals surface area contributed by atoms with E-state index in [1.54, 1.807) is 7.05 Å². The van der Waals surface area contributed by atoms with E-state index in [9.17, 15) is 5.21 Å². The van der Waals surface area contributed by atoms with Crippen LogP contribution in [0.4, 0.5) is 0 Å². The van der Waals surface area contributed by atoms with E-state index in [2.05, 4.69) is 13.8 Å². The first kappa shape index (κ1) is 19.9. The fourth-order valence-corrected chi connectivity index (χ4v) is 2.89. The molecule has 20 heavy (non-hydrogen) atoms. The summed E-state index contributed by atoms with van der Waals surface area (Å²) >= 11 is 0. The Hall–Kier alpha value is -0.0800. The second-order valence-electron chi connectivity index (χ2n) is 6.42. The van der Waals surface area contributed by atoms with Gasteiger partial charge in [-0.3, -0.25) is 0 Å². The molecule has 0 bridgehead atoms. The minimum absolute atomic E-state index is 0.353. The molecule has 0 radical (unpaired) electrons. The van der Waals surface area contributed by atoms with Gasteiger partial charge in [0.15, 0.2) is 0 Å². The minimum Gasteiger partial charge on any atom is -0.634 e. The van der Waals surface area contributed by atoms with E-state index >= 15 is 0 Å². The summed E-state index contributed by atoms with van der Waals surface area (Å²) < 4.78 is 0. The third kappa shape index (κ3) is 12.9. The second-order valence-corrected chi connectivity index (χ2v) is 6.42. The van der Waals surface area contributed by atoms with Crippen molar-refractivity contribution in [2.75, 3.05) is 7.05 Å². The summed E-state index contributed by atoms with van der Waals surface area (Å²) in [6.45, 7) is 4.50. The minimum atomic E-state index is 0.353. The van der Waals surface area contributed by atoms with Gasteiger partial charge in [0, 0.05) is 0 Å². The Labute approximate surface area is 127 Å². The molecule has 2 unspecified atom stereocenters. The fraction of sp³-hybridized carbons (Fsp3) is 1.00. The molecule has 0 spiro atoms. The van der Waals surface area contributed by atoms with Crippen molar-refractivity contribution in [3.8, 4) is 0 Å². The molecule has 0 amide bonds. The van der Waals surface area contributed by atoms with E-state index in [-0.39, 0.29) is 0 Å². The maximum absolute atomic E-state index is 11.6. The Morgan fingerprint density at radius 3 is 1.45 bits per heavy atom. The molecule has 122 valence electrons. The number of rotatable bonds is 15. The van der Waals surface area contributed by atoms with Crippen LogP contribution >= 0.6 is 0 Å². The molecule has 0 aliphatic carbocycles. The molecule has 2 nitrogen and oxygen atoms in total. The number of hydrogen-bond donors (Lipinski definition) is 1. The smallest absolute Gasteiger partial charge is 0.0869 e. The molecule has 0 aromatic heterocycles. The number of nitrogens with one attached hydrogen (secondary N) is 1. The predicted octanol–water partition coefficient (Wildman–Crippen LogP) is 4.87. The van der Waals surface area contributed by atoms with E-state index in [4.69, 9.17) is 0 Å². The van der Waals surface area contributed by atoms with Gasteiger partial charge in [-0.05, 0) is 25.7 Å². The van der Waals surface area contributed by atoms with Gasteiger partial charge in [0.1, 0.15) is 0 Å². The molecular formula is C18H39NO. The summed E-state index contributed by atoms with van der Waals surface area (Å²) in [6, 6.07) is 0.353. The van der Waals surface area contributed by atoms with Crippen molar-refractivity contribution in [1.82, 2.24) is 0 Å². The van der Waals surface area contributed by atoms with Crippen LogP contribution in [0.3, 0.4) is 0 Å². The maximum Gasteiger partial charge on any atom is 0.0869 e. The van der Waals surface area contributed by atoms with Gasteiger partial charge in [0.25, 0.3) is 0 Å². The van der Waals surface area contributed by atoms with Crippen LogP contribution < -0.4 is 5.06 Å². The lowest BCUT2D eigenvalue weighted by Crippen LogP contribution is -3.08. The Morgan fingerprint density at radius 1 is 0.650 bits per heavy atom. The monoisotopic (exact) mass is 285 g/mol. The lowest BCUT2D eigenvalue weighted by atomic mass is 10.0. The molecule has 0 rings (SSSR count). The van der Waals surface area contributed by atoms with Crippen LogP contribution in [0, 0.1) is 5.21 Å². The molecule has 2 atom stereocenters. The third-order valence-electron chi connectivity index (χ3n) is 4.39. The molecular weight excluding hydrogens is 246 g/mol. The highest BCUT2D eigenvalue weighted by Gasteiger charge is 2.11. The quantitative estimate of drug-likeness (QED) is 0.337. The normalized spacial score (nSPS) is 14.4. The maximum atomic E-state index is 11.6. The molecule has 0 saturated carbocycles. The van der Waals surface area contributed by atoms with Crippen molar-refractivity contribution in [3.63, 3.8) is 0 Å². The van der Waals surface area contributed by atoms with Crippen LogP contribution in [0.2, 0.25) is 0 Å². The van der Waals surface area contributed by atoms with E-state index < -0.39 is 0 Å². The van der Waals surface area contributed by atoms with Gasteiger partial charge in [-0.2, -0.15) is 0 Å². The first-order chi connectivity index (χ1) is 9.72. The SMILES string of the molecule is CCCCCCCCCCCC(CCCCC)[NH+](C)[O-]. The third-order valence-corrected chi connectivity index (χ3v) is 4.39. The number of quaternary nitrogens is 1. The van der Waals surface area contributed by atoms with Gasteiger partial charge in [0.2, 0.25) is 0 Å². The highest BCUT2D eigenvalue weighted by Crippen LogP contribution is 2.12. The molecule has 2 heteroatoms. The molecule has 0 aliphatic heterocycles. The van der Waals surface area contributed by atoms with E-state index in [0.717, 1.165) is 12.8 Å². The summed E-state index contributed by atoms with van der Waals surface area (Å²) in [5.41, 5.74) is 0. The van der Waals surface area contributed by atoms with Crippen molar-refractivity contribution >= 4 is 0 Å². The summed E-state index contributed by atoms with van der Waals surface area (Å²) in [6.07, 6.45) is 18.3. The summed E-state index contributed by atoms with van der Waals surface area (Å²) in [7, 11) is 1.78. The Kier molecular flexibility index (Phi) is 15.3. The van der Waals surface area contributed by atoms with Crippen molar-refractivity contribution in [2.45, 2.75) is 110 Å². The molecule has 0 aliphatic rings. The second kappa shape index (κ2) is 15.3. The predicted molar refractivity (Wildman–Crippen MR) is 90.0 cm³/mol. The molecule has 0 aromatic carbocycles. The van der Waals surface area contributed by atoms with Crippen molar-refractivity contribution in [1.29, 1.82) is 0 Å². The number of unbranched alkanes of at least 4 members (excludes halogenated alkanes) is 10. The van der Waals surface area contributed by atoms with Gasteiger partial charge in [-0.1, -0.05) is 78.1 Å². The van der Waals surface area contributed by atoms with Crippen molar-refractivity contribution < 1.29 is 5.06 Å². The molecule has 1 N–H and O–H groups in total. The van der Waals surface area contributed by atoms with Crippen LogP contribution in [-0.2, 0) is 0 Å². The molecule has 0 heterocycles. The first-order valence-electron chi connectivity index (χ1n) is 9.22. The standard InChI is InChI=1S/C18H39NO/c1-4-6-8-9-10-11-12-13-15-17-18(19(3)20)16-14-7-5-2/h18-19H,4-17H2,1-3H3. The van der Waals surface area contributed by atoms with Crippen molar-refractivity contribution in [2.24, 2.45) is 0 Å². The molecule has 0 fully saturated rings. The highest BCUT2D eigenvalue weighted by molar-refractivity contribution is 4.58. The van der Waals surface area contributed by atoms with Crippen LogP contribution in [0.15, 0.2) is 0 Å². The topological polar surface area (TPSA) is 27.5 Å². The lowest BCUT2D eigenvalue weighted by molar-refractivity contribution is -0.855. The Bertz CT molecular complexity index is 182. The van der Waals surface area contributed by atoms with E-state index in [0.29, 0.717) is 11.1 Å². The number of hydroxylamine groups is 2. The lowest BCUT2D eigenvalue weighted by Gasteiger charge is -2.27. The Morgan fingerprint density at radius 2 is 1.00 bits per heavy atom. The van der Waals surface area contributed by atoms with Crippen LogP contribution in [-0.4, -0.2) is 13.1 Å². The van der Waals surface area contributed by atoms with E-state index in [1.165, 1.54) is 77.0 Å². The highest BCUT2D eigenvalue weighted by atomic mass is 16.5. The van der Waals surface area contributed by atoms with Gasteiger partial charge >= 0.3 is 0 Å². The van der Waals surface area contributed by atoms with Crippen LogP contribution in [0.25, 0.3) is 0 Å². The number of hydrogen-bond acceptors (Lipinski definition) is 1. The van der Waals surface area contributed by atoms with E-state index in [1.807, 2.05) is 0 Å². The largest absolute Gasteiger partial charge is 0.634 e. The zero-order valence-corrected chi connectivity index (χ0v) is 14.4. The average molecular weight is 286 g/mol. The van der Waals surface area contributed by atoms with Gasteiger partial charge in [-0.25, -0.2) is 0 Å². The van der Waals surface area contributed by atoms with Crippen LogP contribution in [0.5, 0.6) is 0 Å². The van der Waals surface area contributed by atoms with Gasteiger partial charge < -0.3 is 10.3 Å². The van der Waals surface area contributed by atoms with Gasteiger partial charge in [-0.15, -0.1) is 0 Å². The zero-order chi connectivity index (χ0) is 15.1. The fourth-order valence-electron chi connectivity index (χ4n) is 2.89. The average Bonchev–Trinajstić information content (AvgIpc) is 2.43. The summed E-state index contributed by atoms with van der Waals surface area (Å²) in [4.78, 5) is 0. The summed E-state index contributed by atoms with van der Waals surface area (Å²) in [5, 5.41) is 12.0.